The molecule has 0 fully saturated rings. The monoisotopic (exact) mass is 270 g/mol. The van der Waals surface area contributed by atoms with Crippen LogP contribution in [0.1, 0.15) is 36.4 Å². The molecule has 0 aliphatic heterocycles. The molecule has 0 spiro atoms. The minimum absolute atomic E-state index is 0.455. The Labute approximate surface area is 120 Å². The molecular weight excluding hydrogens is 248 g/mol. The molecular formula is C16H22N4. The summed E-state index contributed by atoms with van der Waals surface area (Å²) in [6, 6.07) is 2.42. The van der Waals surface area contributed by atoms with Gasteiger partial charge in [-0.15, -0.1) is 0 Å². The summed E-state index contributed by atoms with van der Waals surface area (Å²) in [6.45, 7) is 11.2. The zero-order valence-corrected chi connectivity index (χ0v) is 12.9. The molecule has 0 saturated carbocycles. The number of aryl methyl sites for hydroxylation is 3. The van der Waals surface area contributed by atoms with Gasteiger partial charge in [-0.25, -0.2) is 9.97 Å². The molecule has 2 heterocycles. The largest absolute Gasteiger partial charge is 0.310 e. The quantitative estimate of drug-likeness (QED) is 0.928. The van der Waals surface area contributed by atoms with Crippen molar-refractivity contribution in [1.82, 2.24) is 20.3 Å². The molecule has 0 atom stereocenters. The first-order valence-electron chi connectivity index (χ1n) is 6.97. The van der Waals surface area contributed by atoms with Crippen molar-refractivity contribution in [2.24, 2.45) is 0 Å². The fourth-order valence-electron chi connectivity index (χ4n) is 2.15. The number of aromatic nitrogens is 3. The lowest BCUT2D eigenvalue weighted by molar-refractivity contribution is 0.583. The molecule has 0 saturated heterocycles. The Hall–Kier alpha value is -1.81. The van der Waals surface area contributed by atoms with E-state index >= 15 is 0 Å². The maximum atomic E-state index is 4.66. The molecule has 4 heteroatoms. The van der Waals surface area contributed by atoms with Crippen LogP contribution in [0.3, 0.4) is 0 Å². The number of rotatable bonds is 4. The molecule has 106 valence electrons. The molecule has 0 amide bonds. The van der Waals surface area contributed by atoms with Gasteiger partial charge in [-0.3, -0.25) is 4.98 Å². The number of nitrogens with zero attached hydrogens (tertiary/aromatic N) is 3. The lowest BCUT2D eigenvalue weighted by atomic mass is 10.1. The number of hydrogen-bond acceptors (Lipinski definition) is 4. The third-order valence-electron chi connectivity index (χ3n) is 3.37. The van der Waals surface area contributed by atoms with E-state index in [1.807, 2.05) is 33.0 Å². The Bertz CT molecular complexity index is 582. The Kier molecular flexibility index (Phi) is 4.45. The van der Waals surface area contributed by atoms with Gasteiger partial charge in [-0.1, -0.05) is 13.8 Å². The highest BCUT2D eigenvalue weighted by Crippen LogP contribution is 2.21. The van der Waals surface area contributed by atoms with Gasteiger partial charge in [0.15, 0.2) is 5.82 Å². The van der Waals surface area contributed by atoms with Gasteiger partial charge in [0.2, 0.25) is 0 Å². The van der Waals surface area contributed by atoms with Crippen LogP contribution in [0, 0.1) is 20.8 Å². The van der Waals surface area contributed by atoms with Crippen molar-refractivity contribution >= 4 is 0 Å². The van der Waals surface area contributed by atoms with Crippen LogP contribution >= 0.6 is 0 Å². The highest BCUT2D eigenvalue weighted by Gasteiger charge is 2.11. The molecule has 2 aromatic rings. The third kappa shape index (κ3) is 3.20. The van der Waals surface area contributed by atoms with E-state index in [1.54, 1.807) is 6.20 Å². The molecule has 0 radical (unpaired) electrons. The summed E-state index contributed by atoms with van der Waals surface area (Å²) in [5.41, 5.74) is 5.41. The van der Waals surface area contributed by atoms with Crippen molar-refractivity contribution in [3.63, 3.8) is 0 Å². The van der Waals surface area contributed by atoms with Gasteiger partial charge in [0.05, 0.1) is 0 Å². The summed E-state index contributed by atoms with van der Waals surface area (Å²) in [4.78, 5) is 13.4. The van der Waals surface area contributed by atoms with E-state index in [9.17, 15) is 0 Å². The van der Waals surface area contributed by atoms with Crippen LogP contribution < -0.4 is 5.32 Å². The van der Waals surface area contributed by atoms with E-state index in [2.05, 4.69) is 34.1 Å². The summed E-state index contributed by atoms with van der Waals surface area (Å²) in [7, 11) is 0. The Balaban J connectivity index is 2.38. The number of nitrogens with one attached hydrogen (secondary N) is 1. The van der Waals surface area contributed by atoms with E-state index in [-0.39, 0.29) is 0 Å². The van der Waals surface area contributed by atoms with E-state index < -0.39 is 0 Å². The van der Waals surface area contributed by atoms with Crippen LogP contribution in [0.15, 0.2) is 18.5 Å². The molecule has 0 unspecified atom stereocenters. The maximum absolute atomic E-state index is 4.66. The Morgan fingerprint density at radius 1 is 1.10 bits per heavy atom. The molecule has 0 aromatic carbocycles. The van der Waals surface area contributed by atoms with Gasteiger partial charge in [-0.2, -0.15) is 0 Å². The lowest BCUT2D eigenvalue weighted by Gasteiger charge is -2.14. The maximum Gasteiger partial charge on any atom is 0.160 e. The van der Waals surface area contributed by atoms with Gasteiger partial charge in [0.25, 0.3) is 0 Å². The van der Waals surface area contributed by atoms with Crippen molar-refractivity contribution < 1.29 is 0 Å². The number of pyridine rings is 1. The topological polar surface area (TPSA) is 50.7 Å². The first-order valence-corrected chi connectivity index (χ1v) is 6.97. The van der Waals surface area contributed by atoms with Gasteiger partial charge in [0.1, 0.15) is 0 Å². The van der Waals surface area contributed by atoms with Crippen LogP contribution in [0.4, 0.5) is 0 Å². The standard InChI is InChI=1S/C16H22N4/c1-10(2)18-9-15-12(4)19-16(20-13(15)5)14-6-7-17-8-11(14)3/h6-8,10,18H,9H2,1-5H3. The Morgan fingerprint density at radius 2 is 1.75 bits per heavy atom. The molecule has 2 rings (SSSR count). The van der Waals surface area contributed by atoms with E-state index in [0.29, 0.717) is 6.04 Å². The first kappa shape index (κ1) is 14.6. The smallest absolute Gasteiger partial charge is 0.160 e. The molecule has 1 N–H and O–H groups in total. The lowest BCUT2D eigenvalue weighted by Crippen LogP contribution is -2.23. The predicted octanol–water partition coefficient (Wildman–Crippen LogP) is 2.96. The average molecular weight is 270 g/mol. The van der Waals surface area contributed by atoms with Crippen molar-refractivity contribution in [2.75, 3.05) is 0 Å². The van der Waals surface area contributed by atoms with Crippen LogP contribution in [0.2, 0.25) is 0 Å². The van der Waals surface area contributed by atoms with Crippen LogP contribution in [0.5, 0.6) is 0 Å². The van der Waals surface area contributed by atoms with Crippen LogP contribution in [-0.2, 0) is 6.54 Å². The van der Waals surface area contributed by atoms with Gasteiger partial charge < -0.3 is 5.32 Å². The third-order valence-corrected chi connectivity index (χ3v) is 3.37. The molecule has 20 heavy (non-hydrogen) atoms. The average Bonchev–Trinajstić information content (AvgIpc) is 2.37. The minimum atomic E-state index is 0.455. The van der Waals surface area contributed by atoms with E-state index in [0.717, 1.165) is 34.9 Å². The van der Waals surface area contributed by atoms with E-state index in [4.69, 9.17) is 0 Å². The fourth-order valence-corrected chi connectivity index (χ4v) is 2.15. The summed E-state index contributed by atoms with van der Waals surface area (Å²) in [6.07, 6.45) is 3.63. The predicted molar refractivity (Wildman–Crippen MR) is 81.4 cm³/mol. The summed E-state index contributed by atoms with van der Waals surface area (Å²) in [5, 5.41) is 3.42. The molecule has 0 aliphatic rings. The zero-order valence-electron chi connectivity index (χ0n) is 12.9. The van der Waals surface area contributed by atoms with Crippen molar-refractivity contribution in [1.29, 1.82) is 0 Å². The highest BCUT2D eigenvalue weighted by atomic mass is 14.9. The minimum Gasteiger partial charge on any atom is -0.310 e. The molecule has 0 bridgehead atoms. The zero-order chi connectivity index (χ0) is 14.7. The van der Waals surface area contributed by atoms with Crippen molar-refractivity contribution in [3.8, 4) is 11.4 Å². The second-order valence-electron chi connectivity index (χ2n) is 5.42. The van der Waals surface area contributed by atoms with Crippen LogP contribution in [-0.4, -0.2) is 21.0 Å². The van der Waals surface area contributed by atoms with Crippen molar-refractivity contribution in [3.05, 3.63) is 41.0 Å². The summed E-state index contributed by atoms with van der Waals surface area (Å²) in [5.74, 6) is 0.785. The SMILES string of the molecule is Cc1cnccc1-c1nc(C)c(CNC(C)C)c(C)n1. The van der Waals surface area contributed by atoms with Crippen molar-refractivity contribution in [2.45, 2.75) is 47.2 Å². The normalized spacial score (nSPS) is 11.1. The molecule has 4 nitrogen and oxygen atoms in total. The Morgan fingerprint density at radius 3 is 2.30 bits per heavy atom. The molecule has 0 aliphatic carbocycles. The highest BCUT2D eigenvalue weighted by molar-refractivity contribution is 5.59. The fraction of sp³-hybridized carbons (Fsp3) is 0.438. The summed E-state index contributed by atoms with van der Waals surface area (Å²) < 4.78 is 0. The van der Waals surface area contributed by atoms with Gasteiger partial charge >= 0.3 is 0 Å². The van der Waals surface area contributed by atoms with Gasteiger partial charge in [-0.05, 0) is 32.4 Å². The second-order valence-corrected chi connectivity index (χ2v) is 5.42. The van der Waals surface area contributed by atoms with Gasteiger partial charge in [0, 0.05) is 47.5 Å². The first-order chi connectivity index (χ1) is 9.49. The number of hydrogen-bond donors (Lipinski definition) is 1. The second kappa shape index (κ2) is 6.09. The van der Waals surface area contributed by atoms with E-state index in [1.165, 1.54) is 5.56 Å². The summed E-state index contributed by atoms with van der Waals surface area (Å²) >= 11 is 0. The van der Waals surface area contributed by atoms with Crippen LogP contribution in [0.25, 0.3) is 11.4 Å². The molecule has 2 aromatic heterocycles.